The first-order chi connectivity index (χ1) is 13.8. The average Bonchev–Trinajstić information content (AvgIpc) is 2.74. The summed E-state index contributed by atoms with van der Waals surface area (Å²) in [5, 5.41) is 2.68. The van der Waals surface area contributed by atoms with Crippen LogP contribution in [0.2, 0.25) is 0 Å². The lowest BCUT2D eigenvalue weighted by atomic mass is 9.89. The van der Waals surface area contributed by atoms with E-state index in [0.717, 1.165) is 48.5 Å². The molecule has 160 valence electrons. The van der Waals surface area contributed by atoms with Gasteiger partial charge in [-0.25, -0.2) is 17.2 Å². The molecular formula is C19H25F2N3O4S. The molecule has 1 aromatic carbocycles. The summed E-state index contributed by atoms with van der Waals surface area (Å²) in [6, 6.07) is 2.28. The van der Waals surface area contributed by atoms with Gasteiger partial charge in [0.15, 0.2) is 0 Å². The number of piperazine rings is 1. The molecule has 2 fully saturated rings. The molecule has 0 aromatic heterocycles. The first-order valence-corrected chi connectivity index (χ1v) is 11.2. The Balaban J connectivity index is 1.52. The molecule has 1 N–H and O–H groups in total. The maximum atomic E-state index is 13.9. The summed E-state index contributed by atoms with van der Waals surface area (Å²) in [4.78, 5) is 25.2. The van der Waals surface area contributed by atoms with Crippen LogP contribution in [-0.4, -0.2) is 62.2 Å². The van der Waals surface area contributed by atoms with Gasteiger partial charge in [-0.15, -0.1) is 0 Å². The van der Waals surface area contributed by atoms with Crippen molar-refractivity contribution in [3.8, 4) is 0 Å². The third-order valence-corrected chi connectivity index (χ3v) is 7.41. The van der Waals surface area contributed by atoms with E-state index in [9.17, 15) is 26.8 Å². The molecule has 1 aliphatic heterocycles. The van der Waals surface area contributed by atoms with Gasteiger partial charge < -0.3 is 10.2 Å². The average molecular weight is 429 g/mol. The van der Waals surface area contributed by atoms with Gasteiger partial charge in [0.2, 0.25) is 21.8 Å². The molecule has 1 saturated heterocycles. The predicted octanol–water partition coefficient (Wildman–Crippen LogP) is 1.49. The number of benzene rings is 1. The Kier molecular flexibility index (Phi) is 6.84. The number of nitrogens with one attached hydrogen (secondary N) is 1. The quantitative estimate of drug-likeness (QED) is 0.769. The molecule has 3 rings (SSSR count). The number of halogens is 2. The molecule has 0 unspecified atom stereocenters. The summed E-state index contributed by atoms with van der Waals surface area (Å²) in [5.41, 5.74) is 0. The van der Waals surface area contributed by atoms with E-state index in [1.54, 1.807) is 0 Å². The van der Waals surface area contributed by atoms with Crippen LogP contribution in [0.5, 0.6) is 0 Å². The van der Waals surface area contributed by atoms with Gasteiger partial charge in [-0.2, -0.15) is 4.31 Å². The van der Waals surface area contributed by atoms with Gasteiger partial charge >= 0.3 is 0 Å². The number of hydrogen-bond donors (Lipinski definition) is 1. The fraction of sp³-hybridized carbons (Fsp3) is 0.579. The normalized spacial score (nSPS) is 19.2. The van der Waals surface area contributed by atoms with Crippen molar-refractivity contribution in [2.75, 3.05) is 32.7 Å². The molecule has 0 radical (unpaired) electrons. The molecular weight excluding hydrogens is 404 g/mol. The molecule has 2 aliphatic rings. The van der Waals surface area contributed by atoms with E-state index in [4.69, 9.17) is 0 Å². The van der Waals surface area contributed by atoms with E-state index in [0.29, 0.717) is 6.07 Å². The Bertz CT molecular complexity index is 864. The zero-order valence-electron chi connectivity index (χ0n) is 16.1. The topological polar surface area (TPSA) is 86.8 Å². The van der Waals surface area contributed by atoms with E-state index in [1.165, 1.54) is 4.90 Å². The minimum absolute atomic E-state index is 0.0272. The van der Waals surface area contributed by atoms with E-state index in [1.807, 2.05) is 0 Å². The largest absolute Gasteiger partial charge is 0.347 e. The number of sulfonamides is 1. The minimum Gasteiger partial charge on any atom is -0.347 e. The first kappa shape index (κ1) is 21.6. The second kappa shape index (κ2) is 9.17. The van der Waals surface area contributed by atoms with Gasteiger partial charge in [0.05, 0.1) is 6.54 Å². The van der Waals surface area contributed by atoms with Crippen molar-refractivity contribution < 1.29 is 26.8 Å². The highest BCUT2D eigenvalue weighted by molar-refractivity contribution is 7.89. The third kappa shape index (κ3) is 5.11. The number of rotatable bonds is 5. The van der Waals surface area contributed by atoms with Crippen LogP contribution in [0.1, 0.15) is 32.1 Å². The van der Waals surface area contributed by atoms with Crippen molar-refractivity contribution in [1.29, 1.82) is 0 Å². The van der Waals surface area contributed by atoms with Crippen molar-refractivity contribution in [3.05, 3.63) is 29.8 Å². The highest BCUT2D eigenvalue weighted by atomic mass is 32.2. The Hall–Kier alpha value is -2.07. The van der Waals surface area contributed by atoms with Crippen LogP contribution in [0, 0.1) is 17.6 Å². The molecule has 7 nitrogen and oxygen atoms in total. The summed E-state index contributed by atoms with van der Waals surface area (Å²) in [5.74, 6) is -2.30. The number of carbonyl (C=O) groups is 2. The van der Waals surface area contributed by atoms with Crippen molar-refractivity contribution in [3.63, 3.8) is 0 Å². The summed E-state index contributed by atoms with van der Waals surface area (Å²) in [6.45, 7) is 0.0599. The van der Waals surface area contributed by atoms with Crippen LogP contribution in [0.25, 0.3) is 0 Å². The summed E-state index contributed by atoms with van der Waals surface area (Å²) in [6.07, 6.45) is 4.86. The smallest absolute Gasteiger partial charge is 0.246 e. The van der Waals surface area contributed by atoms with E-state index >= 15 is 0 Å². The van der Waals surface area contributed by atoms with Crippen molar-refractivity contribution in [1.82, 2.24) is 14.5 Å². The maximum Gasteiger partial charge on any atom is 0.246 e. The van der Waals surface area contributed by atoms with Gasteiger partial charge in [0.25, 0.3) is 0 Å². The number of amides is 2. The standard InChI is InChI=1S/C19H25F2N3O4S/c20-15-6-7-16(21)17(12-15)29(27,28)24-10-8-23(9-11-24)18(25)13-22-19(26)14-4-2-1-3-5-14/h6-7,12,14H,1-5,8-11,13H2,(H,22,26). The molecule has 1 aliphatic carbocycles. The lowest BCUT2D eigenvalue weighted by Gasteiger charge is -2.34. The second-order valence-corrected chi connectivity index (χ2v) is 9.32. The Morgan fingerprint density at radius 1 is 1.03 bits per heavy atom. The van der Waals surface area contributed by atoms with E-state index < -0.39 is 26.6 Å². The van der Waals surface area contributed by atoms with Crippen LogP contribution in [0.15, 0.2) is 23.1 Å². The number of carbonyl (C=O) groups excluding carboxylic acids is 2. The fourth-order valence-electron chi connectivity index (χ4n) is 3.78. The number of hydrogen-bond acceptors (Lipinski definition) is 4. The molecule has 0 spiro atoms. The molecule has 1 heterocycles. The first-order valence-electron chi connectivity index (χ1n) is 9.80. The van der Waals surface area contributed by atoms with Crippen LogP contribution < -0.4 is 5.32 Å². The summed E-state index contributed by atoms with van der Waals surface area (Å²) < 4.78 is 53.4. The van der Waals surface area contributed by atoms with Gasteiger partial charge in [0.1, 0.15) is 16.5 Å². The summed E-state index contributed by atoms with van der Waals surface area (Å²) in [7, 11) is -4.19. The summed E-state index contributed by atoms with van der Waals surface area (Å²) >= 11 is 0. The SMILES string of the molecule is O=C(NCC(=O)N1CCN(S(=O)(=O)c2cc(F)ccc2F)CC1)C1CCCCC1. The molecule has 0 bridgehead atoms. The van der Waals surface area contributed by atoms with Crippen molar-refractivity contribution in [2.45, 2.75) is 37.0 Å². The minimum atomic E-state index is -4.19. The molecule has 1 aromatic rings. The third-order valence-electron chi connectivity index (χ3n) is 5.49. The van der Waals surface area contributed by atoms with E-state index in [2.05, 4.69) is 5.32 Å². The lowest BCUT2D eigenvalue weighted by molar-refractivity contribution is -0.135. The monoisotopic (exact) mass is 429 g/mol. The van der Waals surface area contributed by atoms with Crippen LogP contribution in [-0.2, 0) is 19.6 Å². The predicted molar refractivity (Wildman–Crippen MR) is 101 cm³/mol. The fourth-order valence-corrected chi connectivity index (χ4v) is 5.27. The Morgan fingerprint density at radius 3 is 2.34 bits per heavy atom. The number of nitrogens with zero attached hydrogens (tertiary/aromatic N) is 2. The highest BCUT2D eigenvalue weighted by Gasteiger charge is 2.32. The lowest BCUT2D eigenvalue weighted by Crippen LogP contribution is -2.52. The van der Waals surface area contributed by atoms with Gasteiger partial charge in [-0.1, -0.05) is 19.3 Å². The molecule has 1 saturated carbocycles. The molecule has 0 atom stereocenters. The van der Waals surface area contributed by atoms with Crippen LogP contribution in [0.4, 0.5) is 8.78 Å². The molecule has 10 heteroatoms. The highest BCUT2D eigenvalue weighted by Crippen LogP contribution is 2.24. The zero-order chi connectivity index (χ0) is 21.0. The zero-order valence-corrected chi connectivity index (χ0v) is 16.9. The van der Waals surface area contributed by atoms with Crippen LogP contribution in [0.3, 0.4) is 0 Å². The van der Waals surface area contributed by atoms with Crippen LogP contribution >= 0.6 is 0 Å². The van der Waals surface area contributed by atoms with Gasteiger partial charge in [-0.3, -0.25) is 9.59 Å². The van der Waals surface area contributed by atoms with Gasteiger partial charge in [0, 0.05) is 32.1 Å². The van der Waals surface area contributed by atoms with Crippen molar-refractivity contribution in [2.24, 2.45) is 5.92 Å². The van der Waals surface area contributed by atoms with Crippen molar-refractivity contribution >= 4 is 21.8 Å². The maximum absolute atomic E-state index is 13.9. The molecule has 29 heavy (non-hydrogen) atoms. The second-order valence-electron chi connectivity index (χ2n) is 7.41. The Morgan fingerprint density at radius 2 is 1.69 bits per heavy atom. The molecule has 2 amide bonds. The van der Waals surface area contributed by atoms with Gasteiger partial charge in [-0.05, 0) is 31.0 Å². The van der Waals surface area contributed by atoms with E-state index in [-0.39, 0.29) is 50.5 Å². The Labute approximate surface area is 169 Å².